The molecule has 3 aromatic heterocycles. The van der Waals surface area contributed by atoms with Crippen molar-refractivity contribution in [3.63, 3.8) is 0 Å². The van der Waals surface area contributed by atoms with E-state index in [9.17, 15) is 13.6 Å². The van der Waals surface area contributed by atoms with Crippen molar-refractivity contribution >= 4 is 22.2 Å². The van der Waals surface area contributed by atoms with Crippen molar-refractivity contribution < 1.29 is 13.5 Å². The minimum absolute atomic E-state index is 0.163. The van der Waals surface area contributed by atoms with Gasteiger partial charge in [0.05, 0.1) is 29.9 Å². The minimum Gasteiger partial charge on any atom is -0.493 e. The highest BCUT2D eigenvalue weighted by Crippen LogP contribution is 2.36. The molecule has 188 valence electrons. The van der Waals surface area contributed by atoms with Gasteiger partial charge in [0.2, 0.25) is 5.95 Å². The Morgan fingerprint density at radius 1 is 1.05 bits per heavy atom. The van der Waals surface area contributed by atoms with E-state index in [2.05, 4.69) is 15.3 Å². The van der Waals surface area contributed by atoms with Gasteiger partial charge in [0.15, 0.2) is 5.65 Å². The molecule has 0 aliphatic carbocycles. The van der Waals surface area contributed by atoms with Crippen LogP contribution < -0.4 is 15.7 Å². The van der Waals surface area contributed by atoms with Crippen molar-refractivity contribution in [2.24, 2.45) is 0 Å². The monoisotopic (exact) mass is 503 g/mol. The topological polar surface area (TPSA) is 91.8 Å². The second kappa shape index (κ2) is 8.48. The molecule has 2 atom stereocenters. The number of benzene rings is 2. The van der Waals surface area contributed by atoms with Gasteiger partial charge in [-0.05, 0) is 49.7 Å². The first-order valence-corrected chi connectivity index (χ1v) is 12.3. The van der Waals surface area contributed by atoms with E-state index in [0.717, 1.165) is 19.4 Å². The molecular formula is C26H23F2N7O2. The van der Waals surface area contributed by atoms with Crippen molar-refractivity contribution in [2.45, 2.75) is 37.9 Å². The summed E-state index contributed by atoms with van der Waals surface area (Å²) in [6.45, 7) is 1.77. The van der Waals surface area contributed by atoms with E-state index >= 15 is 0 Å². The molecule has 2 aliphatic rings. The Hall–Kier alpha value is -4.12. The number of nitrogens with one attached hydrogen (secondary N) is 1. The van der Waals surface area contributed by atoms with Gasteiger partial charge in [-0.3, -0.25) is 13.7 Å². The first-order valence-electron chi connectivity index (χ1n) is 12.3. The Kier molecular flexibility index (Phi) is 5.07. The zero-order chi connectivity index (χ0) is 25.1. The van der Waals surface area contributed by atoms with E-state index < -0.39 is 17.7 Å². The van der Waals surface area contributed by atoms with Gasteiger partial charge in [-0.1, -0.05) is 0 Å². The highest BCUT2D eigenvalue weighted by atomic mass is 19.1. The molecule has 0 bridgehead atoms. The van der Waals surface area contributed by atoms with E-state index in [0.29, 0.717) is 53.1 Å². The number of halogens is 2. The van der Waals surface area contributed by atoms with Gasteiger partial charge in [-0.2, -0.15) is 4.98 Å². The SMILES string of the molecule is O=c1n(CC2CCCN2)c2cnc(-n3cnc4ccc(F)cc43)nc2n1[C@@H]1CCOc2ccc(F)cc21. The summed E-state index contributed by atoms with van der Waals surface area (Å²) in [5.41, 5.74) is 2.49. The molecule has 1 fully saturated rings. The number of hydrogen-bond acceptors (Lipinski definition) is 6. The number of hydrogen-bond donors (Lipinski definition) is 1. The van der Waals surface area contributed by atoms with Crippen LogP contribution in [-0.2, 0) is 6.54 Å². The predicted molar refractivity (Wildman–Crippen MR) is 132 cm³/mol. The van der Waals surface area contributed by atoms with Gasteiger partial charge in [-0.15, -0.1) is 0 Å². The van der Waals surface area contributed by atoms with Gasteiger partial charge >= 0.3 is 5.69 Å². The van der Waals surface area contributed by atoms with Crippen molar-refractivity contribution in [3.8, 4) is 11.7 Å². The van der Waals surface area contributed by atoms with Crippen LogP contribution in [0.2, 0.25) is 0 Å². The van der Waals surface area contributed by atoms with E-state index in [1.54, 1.807) is 32.0 Å². The lowest BCUT2D eigenvalue weighted by Gasteiger charge is -2.26. The maximum absolute atomic E-state index is 14.3. The van der Waals surface area contributed by atoms with E-state index in [1.165, 1.54) is 30.6 Å². The third kappa shape index (κ3) is 3.60. The highest BCUT2D eigenvalue weighted by Gasteiger charge is 2.30. The summed E-state index contributed by atoms with van der Waals surface area (Å²) in [6.07, 6.45) is 5.66. The zero-order valence-electron chi connectivity index (χ0n) is 19.8. The van der Waals surface area contributed by atoms with Crippen molar-refractivity contribution in [1.82, 2.24) is 34.0 Å². The number of fused-ring (bicyclic) bond motifs is 3. The third-order valence-corrected chi connectivity index (χ3v) is 7.27. The number of aromatic nitrogens is 6. The lowest BCUT2D eigenvalue weighted by Crippen LogP contribution is -2.35. The second-order valence-electron chi connectivity index (χ2n) is 9.52. The van der Waals surface area contributed by atoms with Crippen LogP contribution in [0.25, 0.3) is 28.1 Å². The summed E-state index contributed by atoms with van der Waals surface area (Å²) in [4.78, 5) is 27.6. The summed E-state index contributed by atoms with van der Waals surface area (Å²) < 4.78 is 39.0. The molecule has 5 aromatic rings. The Morgan fingerprint density at radius 3 is 2.78 bits per heavy atom. The zero-order valence-corrected chi connectivity index (χ0v) is 19.8. The molecule has 37 heavy (non-hydrogen) atoms. The summed E-state index contributed by atoms with van der Waals surface area (Å²) >= 11 is 0. The fourth-order valence-electron chi connectivity index (χ4n) is 5.51. The Morgan fingerprint density at radius 2 is 1.92 bits per heavy atom. The molecule has 1 N–H and O–H groups in total. The summed E-state index contributed by atoms with van der Waals surface area (Å²) in [7, 11) is 0. The van der Waals surface area contributed by atoms with Crippen LogP contribution in [-0.4, -0.2) is 47.8 Å². The molecule has 2 aromatic carbocycles. The molecule has 0 amide bonds. The van der Waals surface area contributed by atoms with Crippen molar-refractivity contribution in [3.05, 3.63) is 76.6 Å². The average Bonchev–Trinajstić information content (AvgIpc) is 3.62. The van der Waals surface area contributed by atoms with Gasteiger partial charge < -0.3 is 10.1 Å². The maximum atomic E-state index is 14.3. The van der Waals surface area contributed by atoms with Gasteiger partial charge in [-0.25, -0.2) is 23.5 Å². The number of ether oxygens (including phenoxy) is 1. The summed E-state index contributed by atoms with van der Waals surface area (Å²) in [5, 5.41) is 3.44. The molecular weight excluding hydrogens is 480 g/mol. The van der Waals surface area contributed by atoms with Crippen LogP contribution >= 0.6 is 0 Å². The largest absolute Gasteiger partial charge is 0.493 e. The van der Waals surface area contributed by atoms with Gasteiger partial charge in [0, 0.05) is 30.6 Å². The smallest absolute Gasteiger partial charge is 0.331 e. The van der Waals surface area contributed by atoms with Crippen LogP contribution in [0.4, 0.5) is 8.78 Å². The van der Waals surface area contributed by atoms with Gasteiger partial charge in [0.1, 0.15) is 29.2 Å². The quantitative estimate of drug-likeness (QED) is 0.405. The molecule has 2 aliphatic heterocycles. The van der Waals surface area contributed by atoms with Crippen LogP contribution in [0, 0.1) is 11.6 Å². The molecule has 7 rings (SSSR count). The second-order valence-corrected chi connectivity index (χ2v) is 9.52. The molecule has 0 saturated carbocycles. The first kappa shape index (κ1) is 22.1. The lowest BCUT2D eigenvalue weighted by molar-refractivity contribution is 0.254. The summed E-state index contributed by atoms with van der Waals surface area (Å²) in [5.74, 6) is 0.0111. The fraction of sp³-hybridized carbons (Fsp3) is 0.308. The van der Waals surface area contributed by atoms with Crippen LogP contribution in [0.3, 0.4) is 0 Å². The normalized spacial score (nSPS) is 19.4. The molecule has 11 heteroatoms. The molecule has 5 heterocycles. The Balaban J connectivity index is 1.45. The van der Waals surface area contributed by atoms with E-state index in [1.807, 2.05) is 0 Å². The number of rotatable bonds is 4. The molecule has 1 unspecified atom stereocenters. The highest BCUT2D eigenvalue weighted by molar-refractivity contribution is 5.78. The first-order chi connectivity index (χ1) is 18.1. The van der Waals surface area contributed by atoms with Crippen molar-refractivity contribution in [1.29, 1.82) is 0 Å². The lowest BCUT2D eigenvalue weighted by atomic mass is 10.00. The standard InChI is InChI=1S/C26H23F2N7O2/c27-15-4-6-23-18(10-15)20(7-9-37-23)35-24-22(33(26(35)36)13-17-2-1-8-29-17)12-30-25(32-24)34-14-31-19-5-3-16(28)11-21(19)34/h3-6,10-12,14,17,20,29H,1-2,7-9,13H2/t17?,20-/m1/s1. The molecule has 0 spiro atoms. The maximum Gasteiger partial charge on any atom is 0.331 e. The molecule has 9 nitrogen and oxygen atoms in total. The molecule has 1 saturated heterocycles. The minimum atomic E-state index is -0.466. The number of nitrogens with zero attached hydrogens (tertiary/aromatic N) is 6. The molecule has 0 radical (unpaired) electrons. The number of imidazole rings is 2. The summed E-state index contributed by atoms with van der Waals surface area (Å²) in [6, 6.07) is 8.37. The van der Waals surface area contributed by atoms with Crippen molar-refractivity contribution in [2.75, 3.05) is 13.2 Å². The van der Waals surface area contributed by atoms with Crippen LogP contribution in [0.15, 0.2) is 53.7 Å². The Bertz CT molecular complexity index is 1720. The average molecular weight is 504 g/mol. The third-order valence-electron chi connectivity index (χ3n) is 7.27. The van der Waals surface area contributed by atoms with E-state index in [4.69, 9.17) is 9.72 Å². The fourth-order valence-corrected chi connectivity index (χ4v) is 5.51. The Labute approximate surface area is 209 Å². The predicted octanol–water partition coefficient (Wildman–Crippen LogP) is 3.33. The van der Waals surface area contributed by atoms with Gasteiger partial charge in [0.25, 0.3) is 0 Å². The van der Waals surface area contributed by atoms with Crippen LogP contribution in [0.1, 0.15) is 30.9 Å². The van der Waals surface area contributed by atoms with Crippen LogP contribution in [0.5, 0.6) is 5.75 Å². The van der Waals surface area contributed by atoms with E-state index in [-0.39, 0.29) is 17.7 Å².